The van der Waals surface area contributed by atoms with E-state index in [9.17, 15) is 4.79 Å². The maximum absolute atomic E-state index is 10.4. The predicted molar refractivity (Wildman–Crippen MR) is 71.8 cm³/mol. The number of fused-ring (bicyclic) bond motifs is 1. The summed E-state index contributed by atoms with van der Waals surface area (Å²) >= 11 is 0. The SMILES string of the molecule is Cc1cnc(NCCCC(=O)O)c2ccccc12. The molecule has 2 N–H and O–H groups in total. The van der Waals surface area contributed by atoms with Crippen LogP contribution in [0.4, 0.5) is 5.82 Å². The lowest BCUT2D eigenvalue weighted by atomic mass is 10.1. The second kappa shape index (κ2) is 5.49. The first-order chi connectivity index (χ1) is 8.68. The van der Waals surface area contributed by atoms with E-state index in [1.807, 2.05) is 31.3 Å². The van der Waals surface area contributed by atoms with E-state index in [4.69, 9.17) is 5.11 Å². The van der Waals surface area contributed by atoms with Gasteiger partial charge < -0.3 is 10.4 Å². The summed E-state index contributed by atoms with van der Waals surface area (Å²) in [6, 6.07) is 8.07. The summed E-state index contributed by atoms with van der Waals surface area (Å²) in [4.78, 5) is 14.8. The number of carbonyl (C=O) groups is 1. The first-order valence-corrected chi connectivity index (χ1v) is 5.98. The molecule has 1 aromatic carbocycles. The van der Waals surface area contributed by atoms with Crippen LogP contribution in [0.25, 0.3) is 10.8 Å². The summed E-state index contributed by atoms with van der Waals surface area (Å²) in [6.07, 6.45) is 2.61. The second-order valence-electron chi connectivity index (χ2n) is 4.26. The molecule has 0 saturated carbocycles. The van der Waals surface area contributed by atoms with E-state index in [0.717, 1.165) is 16.8 Å². The molecule has 0 radical (unpaired) electrons. The van der Waals surface area contributed by atoms with Crippen LogP contribution in [0.15, 0.2) is 30.5 Å². The van der Waals surface area contributed by atoms with Crippen LogP contribution >= 0.6 is 0 Å². The Morgan fingerprint density at radius 1 is 1.33 bits per heavy atom. The van der Waals surface area contributed by atoms with Crippen molar-refractivity contribution in [3.63, 3.8) is 0 Å². The number of nitrogens with zero attached hydrogens (tertiary/aromatic N) is 1. The minimum atomic E-state index is -0.765. The average molecular weight is 244 g/mol. The Hall–Kier alpha value is -2.10. The van der Waals surface area contributed by atoms with Crippen molar-refractivity contribution < 1.29 is 9.90 Å². The van der Waals surface area contributed by atoms with Crippen molar-refractivity contribution >= 4 is 22.6 Å². The van der Waals surface area contributed by atoms with Gasteiger partial charge in [0.25, 0.3) is 0 Å². The highest BCUT2D eigenvalue weighted by Gasteiger charge is 2.04. The molecule has 0 atom stereocenters. The number of aromatic nitrogens is 1. The van der Waals surface area contributed by atoms with Crippen LogP contribution in [-0.2, 0) is 4.79 Å². The molecule has 1 aromatic heterocycles. The summed E-state index contributed by atoms with van der Waals surface area (Å²) in [7, 11) is 0. The zero-order valence-corrected chi connectivity index (χ0v) is 10.3. The fraction of sp³-hybridized carbons (Fsp3) is 0.286. The van der Waals surface area contributed by atoms with E-state index >= 15 is 0 Å². The molecule has 0 spiro atoms. The van der Waals surface area contributed by atoms with Crippen LogP contribution in [-0.4, -0.2) is 22.6 Å². The maximum Gasteiger partial charge on any atom is 0.303 e. The van der Waals surface area contributed by atoms with Crippen LogP contribution in [0.1, 0.15) is 18.4 Å². The molecular formula is C14H16N2O2. The van der Waals surface area contributed by atoms with E-state index in [2.05, 4.69) is 16.4 Å². The van der Waals surface area contributed by atoms with Gasteiger partial charge in [-0.15, -0.1) is 0 Å². The lowest BCUT2D eigenvalue weighted by Gasteiger charge is -2.09. The van der Waals surface area contributed by atoms with Crippen molar-refractivity contribution in [1.29, 1.82) is 0 Å². The molecule has 0 aliphatic rings. The van der Waals surface area contributed by atoms with Gasteiger partial charge in [-0.05, 0) is 24.3 Å². The minimum Gasteiger partial charge on any atom is -0.481 e. The van der Waals surface area contributed by atoms with Crippen LogP contribution in [0, 0.1) is 6.92 Å². The number of hydrogen-bond acceptors (Lipinski definition) is 3. The van der Waals surface area contributed by atoms with Crippen LogP contribution in [0.2, 0.25) is 0 Å². The van der Waals surface area contributed by atoms with Crippen molar-refractivity contribution in [2.75, 3.05) is 11.9 Å². The van der Waals surface area contributed by atoms with Gasteiger partial charge in [-0.25, -0.2) is 4.98 Å². The molecule has 94 valence electrons. The quantitative estimate of drug-likeness (QED) is 0.794. The van der Waals surface area contributed by atoms with E-state index in [1.165, 1.54) is 5.39 Å². The van der Waals surface area contributed by atoms with Crippen molar-refractivity contribution in [1.82, 2.24) is 4.98 Å². The number of aryl methyl sites for hydroxylation is 1. The Morgan fingerprint density at radius 3 is 2.78 bits per heavy atom. The molecular weight excluding hydrogens is 228 g/mol. The van der Waals surface area contributed by atoms with Crippen molar-refractivity contribution in [3.8, 4) is 0 Å². The van der Waals surface area contributed by atoms with Gasteiger partial charge in [0.2, 0.25) is 0 Å². The van der Waals surface area contributed by atoms with Gasteiger partial charge in [0.05, 0.1) is 0 Å². The van der Waals surface area contributed by atoms with Gasteiger partial charge in [0.1, 0.15) is 5.82 Å². The van der Waals surface area contributed by atoms with E-state index in [-0.39, 0.29) is 6.42 Å². The fourth-order valence-corrected chi connectivity index (χ4v) is 1.92. The number of benzene rings is 1. The maximum atomic E-state index is 10.4. The molecule has 4 heteroatoms. The Morgan fingerprint density at radius 2 is 2.06 bits per heavy atom. The molecule has 2 rings (SSSR count). The summed E-state index contributed by atoms with van der Waals surface area (Å²) in [5.74, 6) is 0.0557. The second-order valence-corrected chi connectivity index (χ2v) is 4.26. The molecule has 1 heterocycles. The predicted octanol–water partition coefficient (Wildman–Crippen LogP) is 2.82. The summed E-state index contributed by atoms with van der Waals surface area (Å²) in [6.45, 7) is 2.65. The molecule has 0 unspecified atom stereocenters. The Labute approximate surface area is 106 Å². The molecule has 0 aliphatic carbocycles. The highest BCUT2D eigenvalue weighted by molar-refractivity contribution is 5.93. The number of nitrogens with one attached hydrogen (secondary N) is 1. The van der Waals surface area contributed by atoms with Crippen molar-refractivity contribution in [3.05, 3.63) is 36.0 Å². The lowest BCUT2D eigenvalue weighted by Crippen LogP contribution is -2.06. The molecule has 4 nitrogen and oxygen atoms in total. The molecule has 18 heavy (non-hydrogen) atoms. The number of hydrogen-bond donors (Lipinski definition) is 2. The summed E-state index contributed by atoms with van der Waals surface area (Å²) in [5.41, 5.74) is 1.14. The standard InChI is InChI=1S/C14H16N2O2/c1-10-9-16-14(15-8-4-7-13(17)18)12-6-3-2-5-11(10)12/h2-3,5-6,9H,4,7-8H2,1H3,(H,15,16)(H,17,18). The number of carboxylic acid groups (broad SMARTS) is 1. The largest absolute Gasteiger partial charge is 0.481 e. The molecule has 0 aliphatic heterocycles. The Bertz CT molecular complexity index is 567. The minimum absolute atomic E-state index is 0.177. The zero-order valence-electron chi connectivity index (χ0n) is 10.3. The van der Waals surface area contributed by atoms with Gasteiger partial charge in [0.15, 0.2) is 0 Å². The molecule has 0 amide bonds. The van der Waals surface area contributed by atoms with Gasteiger partial charge in [-0.2, -0.15) is 0 Å². The number of pyridine rings is 1. The molecule has 2 aromatic rings. The number of carboxylic acids is 1. The summed E-state index contributed by atoms with van der Waals surface area (Å²) < 4.78 is 0. The monoisotopic (exact) mass is 244 g/mol. The summed E-state index contributed by atoms with van der Waals surface area (Å²) in [5, 5.41) is 14.0. The zero-order chi connectivity index (χ0) is 13.0. The van der Waals surface area contributed by atoms with Crippen LogP contribution in [0.3, 0.4) is 0 Å². The average Bonchev–Trinajstić information content (AvgIpc) is 2.37. The smallest absolute Gasteiger partial charge is 0.303 e. The fourth-order valence-electron chi connectivity index (χ4n) is 1.92. The van der Waals surface area contributed by atoms with Crippen LogP contribution < -0.4 is 5.32 Å². The third-order valence-corrected chi connectivity index (χ3v) is 2.85. The number of aliphatic carboxylic acids is 1. The van der Waals surface area contributed by atoms with Crippen molar-refractivity contribution in [2.45, 2.75) is 19.8 Å². The molecule has 0 fully saturated rings. The topological polar surface area (TPSA) is 62.2 Å². The first-order valence-electron chi connectivity index (χ1n) is 5.98. The molecule has 0 bridgehead atoms. The molecule has 0 saturated heterocycles. The number of anilines is 1. The third-order valence-electron chi connectivity index (χ3n) is 2.85. The van der Waals surface area contributed by atoms with Crippen molar-refractivity contribution in [2.24, 2.45) is 0 Å². The van der Waals surface area contributed by atoms with Crippen LogP contribution in [0.5, 0.6) is 0 Å². The highest BCUT2D eigenvalue weighted by Crippen LogP contribution is 2.23. The first kappa shape index (κ1) is 12.4. The number of rotatable bonds is 5. The van der Waals surface area contributed by atoms with Gasteiger partial charge in [-0.3, -0.25) is 4.79 Å². The lowest BCUT2D eigenvalue weighted by molar-refractivity contribution is -0.137. The van der Waals surface area contributed by atoms with Gasteiger partial charge in [0, 0.05) is 24.5 Å². The van der Waals surface area contributed by atoms with Gasteiger partial charge >= 0.3 is 5.97 Å². The third kappa shape index (κ3) is 2.77. The van der Waals surface area contributed by atoms with E-state index < -0.39 is 5.97 Å². The Balaban J connectivity index is 2.14. The Kier molecular flexibility index (Phi) is 3.77. The highest BCUT2D eigenvalue weighted by atomic mass is 16.4. The normalized spacial score (nSPS) is 10.5. The van der Waals surface area contributed by atoms with E-state index in [1.54, 1.807) is 0 Å². The van der Waals surface area contributed by atoms with Gasteiger partial charge in [-0.1, -0.05) is 24.3 Å². The van der Waals surface area contributed by atoms with E-state index in [0.29, 0.717) is 13.0 Å².